The summed E-state index contributed by atoms with van der Waals surface area (Å²) in [4.78, 5) is 13.4. The molecule has 30 heavy (non-hydrogen) atoms. The molecule has 0 spiro atoms. The van der Waals surface area contributed by atoms with Crippen molar-refractivity contribution in [2.24, 2.45) is 0 Å². The van der Waals surface area contributed by atoms with Crippen molar-refractivity contribution in [2.45, 2.75) is 51.3 Å². The highest BCUT2D eigenvalue weighted by Crippen LogP contribution is 2.23. The van der Waals surface area contributed by atoms with Gasteiger partial charge in [0.05, 0.1) is 19.3 Å². The van der Waals surface area contributed by atoms with E-state index in [-0.39, 0.29) is 0 Å². The molecule has 0 aromatic heterocycles. The lowest BCUT2D eigenvalue weighted by Gasteiger charge is -2.42. The summed E-state index contributed by atoms with van der Waals surface area (Å²) in [5.74, 6) is 0.839. The molecule has 2 rings (SSSR count). The Bertz CT molecular complexity index is 789. The lowest BCUT2D eigenvalue weighted by molar-refractivity contribution is 0.00792. The summed E-state index contributed by atoms with van der Waals surface area (Å²) < 4.78 is 5.37. The van der Waals surface area contributed by atoms with Crippen LogP contribution in [-0.4, -0.2) is 59.1 Å². The van der Waals surface area contributed by atoms with Gasteiger partial charge in [0.2, 0.25) is 0 Å². The second kappa shape index (κ2) is 11.0. The van der Waals surface area contributed by atoms with Crippen LogP contribution in [-0.2, 0) is 12.8 Å². The molecule has 2 aromatic carbocycles. The Morgan fingerprint density at radius 1 is 1.10 bits per heavy atom. The van der Waals surface area contributed by atoms with E-state index in [0.717, 1.165) is 23.3 Å². The second-order valence-electron chi connectivity index (χ2n) is 8.41. The molecule has 3 N–H and O–H groups in total. The number of aliphatic hydroxyl groups excluding tert-OH is 1. The number of nitrogens with one attached hydrogen (secondary N) is 1. The van der Waals surface area contributed by atoms with Crippen LogP contribution in [0.5, 0.6) is 5.75 Å². The molecule has 164 valence electrons. The van der Waals surface area contributed by atoms with Gasteiger partial charge in [0, 0.05) is 12.1 Å². The number of aliphatic hydroxyl groups is 1. The highest BCUT2D eigenvalue weighted by molar-refractivity contribution is 5.66. The fourth-order valence-electron chi connectivity index (χ4n) is 3.70. The molecule has 0 aliphatic rings. The third-order valence-corrected chi connectivity index (χ3v) is 5.11. The Morgan fingerprint density at radius 2 is 1.73 bits per heavy atom. The normalized spacial score (nSPS) is 13.5. The van der Waals surface area contributed by atoms with Gasteiger partial charge in [0.15, 0.2) is 0 Å². The number of nitrogens with zero attached hydrogens (tertiary/aromatic N) is 1. The standard InChI is InChI=1S/C24H34N2O4/c1-24(2,3)26(23(28)29)20(16-18-10-6-5-7-11-18)21(27)17-25-15-14-19-12-8-9-13-22(19)30-4/h5-13,20-21,25,27H,14-17H2,1-4H3,(H,28,29)/t20-,21+/m0/s1. The fraction of sp³-hybridized carbons (Fsp3) is 0.458. The predicted octanol–water partition coefficient (Wildman–Crippen LogP) is 3.58. The van der Waals surface area contributed by atoms with E-state index in [0.29, 0.717) is 19.5 Å². The number of methoxy groups -OCH3 is 1. The first-order valence-electron chi connectivity index (χ1n) is 10.3. The van der Waals surface area contributed by atoms with Crippen LogP contribution < -0.4 is 10.1 Å². The minimum Gasteiger partial charge on any atom is -0.496 e. The van der Waals surface area contributed by atoms with Crippen LogP contribution in [0.25, 0.3) is 0 Å². The highest BCUT2D eigenvalue weighted by atomic mass is 16.5. The van der Waals surface area contributed by atoms with Gasteiger partial charge in [-0.15, -0.1) is 0 Å². The smallest absolute Gasteiger partial charge is 0.408 e. The zero-order valence-electron chi connectivity index (χ0n) is 18.3. The molecular weight excluding hydrogens is 380 g/mol. The van der Waals surface area contributed by atoms with Crippen LogP contribution in [0.1, 0.15) is 31.9 Å². The maximum Gasteiger partial charge on any atom is 0.408 e. The molecule has 0 bridgehead atoms. The van der Waals surface area contributed by atoms with E-state index < -0.39 is 23.8 Å². The number of para-hydroxylation sites is 1. The van der Waals surface area contributed by atoms with Crippen molar-refractivity contribution in [3.63, 3.8) is 0 Å². The van der Waals surface area contributed by atoms with E-state index in [1.54, 1.807) is 7.11 Å². The van der Waals surface area contributed by atoms with E-state index in [2.05, 4.69) is 5.32 Å². The number of amides is 1. The SMILES string of the molecule is COc1ccccc1CCNC[C@@H](O)[C@H](Cc1ccccc1)N(C(=O)O)C(C)(C)C. The lowest BCUT2D eigenvalue weighted by atomic mass is 9.94. The summed E-state index contributed by atoms with van der Waals surface area (Å²) in [6.07, 6.45) is -0.684. The van der Waals surface area contributed by atoms with Gasteiger partial charge in [-0.05, 0) is 57.4 Å². The molecule has 2 aromatic rings. The summed E-state index contributed by atoms with van der Waals surface area (Å²) in [5.41, 5.74) is 1.44. The predicted molar refractivity (Wildman–Crippen MR) is 119 cm³/mol. The van der Waals surface area contributed by atoms with Crippen LogP contribution in [0.15, 0.2) is 54.6 Å². The van der Waals surface area contributed by atoms with Crippen molar-refractivity contribution in [1.29, 1.82) is 0 Å². The highest BCUT2D eigenvalue weighted by Gasteiger charge is 2.37. The van der Waals surface area contributed by atoms with Crippen molar-refractivity contribution in [2.75, 3.05) is 20.2 Å². The van der Waals surface area contributed by atoms with Gasteiger partial charge in [0.25, 0.3) is 0 Å². The monoisotopic (exact) mass is 414 g/mol. The van der Waals surface area contributed by atoms with Gasteiger partial charge in [-0.25, -0.2) is 4.79 Å². The number of carboxylic acid groups (broad SMARTS) is 1. The first-order valence-corrected chi connectivity index (χ1v) is 10.3. The number of benzene rings is 2. The minimum absolute atomic E-state index is 0.298. The van der Waals surface area contributed by atoms with E-state index in [1.165, 1.54) is 4.90 Å². The van der Waals surface area contributed by atoms with Crippen molar-refractivity contribution in [3.05, 3.63) is 65.7 Å². The molecule has 1 amide bonds. The summed E-state index contributed by atoms with van der Waals surface area (Å²) in [6, 6.07) is 17.0. The molecule has 6 heteroatoms. The third-order valence-electron chi connectivity index (χ3n) is 5.11. The van der Waals surface area contributed by atoms with Crippen molar-refractivity contribution in [1.82, 2.24) is 10.2 Å². The third kappa shape index (κ3) is 6.75. The molecule has 0 unspecified atom stereocenters. The Kier molecular flexibility index (Phi) is 8.69. The summed E-state index contributed by atoms with van der Waals surface area (Å²) >= 11 is 0. The second-order valence-corrected chi connectivity index (χ2v) is 8.41. The van der Waals surface area contributed by atoms with Crippen LogP contribution >= 0.6 is 0 Å². The zero-order valence-corrected chi connectivity index (χ0v) is 18.3. The van der Waals surface area contributed by atoms with Gasteiger partial charge >= 0.3 is 6.09 Å². The fourth-order valence-corrected chi connectivity index (χ4v) is 3.70. The largest absolute Gasteiger partial charge is 0.496 e. The van der Waals surface area contributed by atoms with E-state index in [1.807, 2.05) is 75.4 Å². The van der Waals surface area contributed by atoms with Crippen LogP contribution in [0, 0.1) is 0 Å². The summed E-state index contributed by atoms with van der Waals surface area (Å²) in [7, 11) is 1.65. The maximum absolute atomic E-state index is 12.0. The maximum atomic E-state index is 12.0. The van der Waals surface area contributed by atoms with Crippen LogP contribution in [0.4, 0.5) is 4.79 Å². The summed E-state index contributed by atoms with van der Waals surface area (Å²) in [6.45, 7) is 6.49. The Labute approximate surface area is 179 Å². The first kappa shape index (κ1) is 23.7. The first-order chi connectivity index (χ1) is 14.2. The zero-order chi connectivity index (χ0) is 22.1. The molecule has 6 nitrogen and oxygen atoms in total. The van der Waals surface area contributed by atoms with Gasteiger partial charge in [0.1, 0.15) is 5.75 Å². The number of ether oxygens (including phenoxy) is 1. The number of rotatable bonds is 10. The molecule has 0 fully saturated rings. The van der Waals surface area contributed by atoms with E-state index in [4.69, 9.17) is 4.74 Å². The topological polar surface area (TPSA) is 82.0 Å². The Morgan fingerprint density at radius 3 is 2.33 bits per heavy atom. The van der Waals surface area contributed by atoms with Gasteiger partial charge in [-0.1, -0.05) is 48.5 Å². The minimum atomic E-state index is -1.03. The quantitative estimate of drug-likeness (QED) is 0.518. The van der Waals surface area contributed by atoms with Crippen molar-refractivity contribution >= 4 is 6.09 Å². The number of hydrogen-bond donors (Lipinski definition) is 3. The molecule has 0 heterocycles. The number of carbonyl (C=O) groups is 1. The Hall–Kier alpha value is -2.57. The van der Waals surface area contributed by atoms with E-state index >= 15 is 0 Å². The average molecular weight is 415 g/mol. The molecule has 0 radical (unpaired) electrons. The molecule has 2 atom stereocenters. The van der Waals surface area contributed by atoms with Gasteiger partial charge in [-0.3, -0.25) is 4.90 Å². The molecular formula is C24H34N2O4. The van der Waals surface area contributed by atoms with Gasteiger partial charge < -0.3 is 20.3 Å². The molecule has 0 saturated carbocycles. The molecule has 0 aliphatic carbocycles. The van der Waals surface area contributed by atoms with Crippen molar-refractivity contribution in [3.8, 4) is 5.75 Å². The van der Waals surface area contributed by atoms with Gasteiger partial charge in [-0.2, -0.15) is 0 Å². The number of hydrogen-bond acceptors (Lipinski definition) is 4. The van der Waals surface area contributed by atoms with Crippen LogP contribution in [0.2, 0.25) is 0 Å². The van der Waals surface area contributed by atoms with E-state index in [9.17, 15) is 15.0 Å². The van der Waals surface area contributed by atoms with Crippen molar-refractivity contribution < 1.29 is 19.7 Å². The Balaban J connectivity index is 2.06. The molecule has 0 aliphatic heterocycles. The lowest BCUT2D eigenvalue weighted by Crippen LogP contribution is -2.58. The average Bonchev–Trinajstić information content (AvgIpc) is 2.70. The van der Waals surface area contributed by atoms with Crippen LogP contribution in [0.3, 0.4) is 0 Å². The summed E-state index contributed by atoms with van der Waals surface area (Å²) in [5, 5.41) is 24.1. The molecule has 0 saturated heterocycles.